The van der Waals surface area contributed by atoms with E-state index in [1.807, 2.05) is 12.4 Å². The van der Waals surface area contributed by atoms with Crippen LogP contribution in [0.1, 0.15) is 51.4 Å². The average Bonchev–Trinajstić information content (AvgIpc) is 3.07. The highest BCUT2D eigenvalue weighted by Gasteiger charge is 2.40. The second-order valence-corrected chi connectivity index (χ2v) is 7.56. The summed E-state index contributed by atoms with van der Waals surface area (Å²) in [5.41, 5.74) is 0.785. The van der Waals surface area contributed by atoms with E-state index < -0.39 is 0 Å². The van der Waals surface area contributed by atoms with E-state index in [-0.39, 0.29) is 0 Å². The van der Waals surface area contributed by atoms with Crippen LogP contribution in [0.2, 0.25) is 0 Å². The van der Waals surface area contributed by atoms with Gasteiger partial charge in [-0.1, -0.05) is 6.42 Å². The van der Waals surface area contributed by atoms with Gasteiger partial charge in [0.15, 0.2) is 0 Å². The molecule has 2 heterocycles. The third-order valence-electron chi connectivity index (χ3n) is 6.20. The quantitative estimate of drug-likeness (QED) is 0.928. The summed E-state index contributed by atoms with van der Waals surface area (Å²) < 4.78 is 2.13. The zero-order chi connectivity index (χ0) is 14.3. The van der Waals surface area contributed by atoms with Crippen molar-refractivity contribution in [2.45, 2.75) is 63.5 Å². The molecule has 1 aliphatic heterocycles. The van der Waals surface area contributed by atoms with Gasteiger partial charge in [-0.05, 0) is 50.4 Å². The first-order valence-electron chi connectivity index (χ1n) is 8.72. The molecule has 1 aromatic heterocycles. The van der Waals surface area contributed by atoms with Gasteiger partial charge >= 0.3 is 0 Å². The summed E-state index contributed by atoms with van der Waals surface area (Å²) >= 11 is 0. The monoisotopic (exact) mass is 288 g/mol. The van der Waals surface area contributed by atoms with Crippen molar-refractivity contribution in [2.24, 2.45) is 12.5 Å². The van der Waals surface area contributed by atoms with Crippen LogP contribution in [0.25, 0.3) is 0 Å². The zero-order valence-electron chi connectivity index (χ0n) is 13.2. The Morgan fingerprint density at radius 3 is 2.57 bits per heavy atom. The molecule has 1 unspecified atom stereocenters. The van der Waals surface area contributed by atoms with Crippen LogP contribution in [-0.2, 0) is 7.05 Å². The third-order valence-corrected chi connectivity index (χ3v) is 6.20. The Labute approximate surface area is 127 Å². The summed E-state index contributed by atoms with van der Waals surface area (Å²) in [5, 5.41) is 3.94. The van der Waals surface area contributed by atoms with Crippen LogP contribution in [0, 0.1) is 5.41 Å². The Hall–Kier alpha value is -1.03. The summed E-state index contributed by atoms with van der Waals surface area (Å²) in [5.74, 6) is 1.12. The Morgan fingerprint density at radius 2 is 1.95 bits per heavy atom. The Kier molecular flexibility index (Phi) is 3.44. The van der Waals surface area contributed by atoms with E-state index in [4.69, 9.17) is 0 Å². The lowest BCUT2D eigenvalue weighted by atomic mass is 9.60. The number of hydrogen-bond acceptors (Lipinski definition) is 3. The first-order valence-corrected chi connectivity index (χ1v) is 8.72. The molecule has 4 rings (SSSR count). The molecule has 2 aliphatic carbocycles. The maximum atomic E-state index is 4.48. The number of rotatable bonds is 3. The zero-order valence-corrected chi connectivity index (χ0v) is 13.2. The molecule has 2 saturated carbocycles. The van der Waals surface area contributed by atoms with Crippen LogP contribution >= 0.6 is 0 Å². The molecule has 1 spiro atoms. The van der Waals surface area contributed by atoms with Crippen LogP contribution < -0.4 is 10.2 Å². The van der Waals surface area contributed by atoms with Gasteiger partial charge in [0.05, 0.1) is 0 Å². The third kappa shape index (κ3) is 2.59. The highest BCUT2D eigenvalue weighted by atomic mass is 15.3. The maximum Gasteiger partial charge on any atom is 0.205 e. The minimum Gasteiger partial charge on any atom is -0.341 e. The summed E-state index contributed by atoms with van der Waals surface area (Å²) in [6.45, 7) is 2.26. The predicted octanol–water partition coefficient (Wildman–Crippen LogP) is 2.70. The number of imidazole rings is 1. The largest absolute Gasteiger partial charge is 0.341 e. The molecular formula is C17H28N4. The lowest BCUT2D eigenvalue weighted by molar-refractivity contribution is 0.0624. The molecule has 21 heavy (non-hydrogen) atoms. The lowest BCUT2D eigenvalue weighted by Gasteiger charge is -2.47. The minimum absolute atomic E-state index is 0.655. The molecule has 1 aromatic rings. The number of nitrogens with zero attached hydrogens (tertiary/aromatic N) is 3. The molecule has 4 heteroatoms. The first kappa shape index (κ1) is 13.6. The van der Waals surface area contributed by atoms with E-state index in [1.165, 1.54) is 51.4 Å². The normalized spacial score (nSPS) is 29.0. The van der Waals surface area contributed by atoms with Gasteiger partial charge in [-0.15, -0.1) is 0 Å². The van der Waals surface area contributed by atoms with Gasteiger partial charge in [-0.25, -0.2) is 4.98 Å². The topological polar surface area (TPSA) is 33.1 Å². The molecule has 0 radical (unpaired) electrons. The molecule has 0 aromatic carbocycles. The van der Waals surface area contributed by atoms with Gasteiger partial charge < -0.3 is 14.8 Å². The van der Waals surface area contributed by atoms with Crippen molar-refractivity contribution in [1.82, 2.24) is 14.9 Å². The van der Waals surface area contributed by atoms with Gasteiger partial charge in [0.25, 0.3) is 0 Å². The Balaban J connectivity index is 1.28. The van der Waals surface area contributed by atoms with Crippen molar-refractivity contribution in [3.8, 4) is 0 Å². The molecular weight excluding hydrogens is 260 g/mol. The smallest absolute Gasteiger partial charge is 0.205 e. The highest BCUT2D eigenvalue weighted by molar-refractivity contribution is 5.33. The van der Waals surface area contributed by atoms with Crippen molar-refractivity contribution in [1.29, 1.82) is 0 Å². The van der Waals surface area contributed by atoms with Crippen molar-refractivity contribution < 1.29 is 0 Å². The number of aromatic nitrogens is 2. The Morgan fingerprint density at radius 1 is 1.14 bits per heavy atom. The molecule has 1 atom stereocenters. The molecule has 0 amide bonds. The van der Waals surface area contributed by atoms with Crippen LogP contribution in [-0.4, -0.2) is 34.7 Å². The molecule has 4 nitrogen and oxygen atoms in total. The fourth-order valence-corrected chi connectivity index (χ4v) is 4.65. The van der Waals surface area contributed by atoms with Gasteiger partial charge in [0.1, 0.15) is 0 Å². The molecule has 3 aliphatic rings. The van der Waals surface area contributed by atoms with E-state index in [1.54, 1.807) is 0 Å². The summed E-state index contributed by atoms with van der Waals surface area (Å²) in [4.78, 5) is 6.90. The molecule has 1 N–H and O–H groups in total. The standard InChI is InChI=1S/C17H28N4/c1-20-12-10-18-16(20)21-11-5-15(13-21)19-14-3-8-17(9-4-14)6-2-7-17/h10,12,14-15,19H,2-9,11,13H2,1H3. The van der Waals surface area contributed by atoms with E-state index in [0.717, 1.165) is 30.5 Å². The van der Waals surface area contributed by atoms with E-state index in [2.05, 4.69) is 26.8 Å². The predicted molar refractivity (Wildman–Crippen MR) is 85.5 cm³/mol. The number of nitrogens with one attached hydrogen (secondary N) is 1. The number of anilines is 1. The fraction of sp³-hybridized carbons (Fsp3) is 0.824. The first-order chi connectivity index (χ1) is 10.2. The second kappa shape index (κ2) is 5.31. The summed E-state index contributed by atoms with van der Waals surface area (Å²) in [7, 11) is 2.09. The molecule has 0 bridgehead atoms. The summed E-state index contributed by atoms with van der Waals surface area (Å²) in [6.07, 6.45) is 15.4. The van der Waals surface area contributed by atoms with Gasteiger partial charge in [0, 0.05) is 44.6 Å². The fourth-order valence-electron chi connectivity index (χ4n) is 4.65. The molecule has 1 saturated heterocycles. The molecule has 3 fully saturated rings. The maximum absolute atomic E-state index is 4.48. The second-order valence-electron chi connectivity index (χ2n) is 7.56. The highest BCUT2D eigenvalue weighted by Crippen LogP contribution is 2.51. The average molecular weight is 288 g/mol. The van der Waals surface area contributed by atoms with E-state index >= 15 is 0 Å². The number of aryl methyl sites for hydroxylation is 1. The van der Waals surface area contributed by atoms with Crippen LogP contribution in [0.5, 0.6) is 0 Å². The van der Waals surface area contributed by atoms with Gasteiger partial charge in [-0.2, -0.15) is 0 Å². The van der Waals surface area contributed by atoms with Crippen molar-refractivity contribution in [3.63, 3.8) is 0 Å². The SMILES string of the molecule is Cn1ccnc1N1CCC(NC2CCC3(CCC3)CC2)C1. The molecule has 116 valence electrons. The lowest BCUT2D eigenvalue weighted by Crippen LogP contribution is -2.45. The van der Waals surface area contributed by atoms with Crippen molar-refractivity contribution in [2.75, 3.05) is 18.0 Å². The summed E-state index contributed by atoms with van der Waals surface area (Å²) in [6, 6.07) is 1.42. The van der Waals surface area contributed by atoms with Crippen LogP contribution in [0.3, 0.4) is 0 Å². The number of hydrogen-bond donors (Lipinski definition) is 1. The van der Waals surface area contributed by atoms with Crippen LogP contribution in [0.4, 0.5) is 5.95 Å². The van der Waals surface area contributed by atoms with E-state index in [9.17, 15) is 0 Å². The van der Waals surface area contributed by atoms with Crippen molar-refractivity contribution >= 4 is 5.95 Å². The minimum atomic E-state index is 0.655. The van der Waals surface area contributed by atoms with Crippen molar-refractivity contribution in [3.05, 3.63) is 12.4 Å². The van der Waals surface area contributed by atoms with Gasteiger partial charge in [-0.3, -0.25) is 0 Å². The van der Waals surface area contributed by atoms with Gasteiger partial charge in [0.2, 0.25) is 5.95 Å². The van der Waals surface area contributed by atoms with E-state index in [0.29, 0.717) is 6.04 Å². The Bertz CT molecular complexity index is 481. The van der Waals surface area contributed by atoms with Crippen LogP contribution in [0.15, 0.2) is 12.4 Å².